The van der Waals surface area contributed by atoms with Crippen molar-refractivity contribution in [2.75, 3.05) is 39.4 Å². The van der Waals surface area contributed by atoms with Crippen molar-refractivity contribution in [3.05, 3.63) is 34.3 Å². The van der Waals surface area contributed by atoms with Crippen molar-refractivity contribution in [1.82, 2.24) is 15.6 Å². The minimum absolute atomic E-state index is 0.569. The van der Waals surface area contributed by atoms with E-state index in [0.29, 0.717) is 5.11 Å². The van der Waals surface area contributed by atoms with Crippen molar-refractivity contribution < 1.29 is 4.74 Å². The van der Waals surface area contributed by atoms with E-state index < -0.39 is 0 Å². The standard InChI is InChI=1S/C17H25BrN4OS/c1-2-16(14-4-6-15(18)7-5-14)20-21-17(24)19-8-3-9-22-10-12-23-13-11-22/h4-7H,2-3,8-13H2,1H3,(H2,19,21,24)/b20-16-. The number of hydrogen-bond acceptors (Lipinski definition) is 4. The van der Waals surface area contributed by atoms with E-state index in [2.05, 4.69) is 43.6 Å². The summed E-state index contributed by atoms with van der Waals surface area (Å²) in [4.78, 5) is 2.42. The molecule has 2 N–H and O–H groups in total. The second-order valence-corrected chi connectivity index (χ2v) is 6.92. The Labute approximate surface area is 158 Å². The summed E-state index contributed by atoms with van der Waals surface area (Å²) in [5, 5.41) is 8.21. The topological polar surface area (TPSA) is 48.9 Å². The van der Waals surface area contributed by atoms with Crippen molar-refractivity contribution in [3.8, 4) is 0 Å². The lowest BCUT2D eigenvalue weighted by Crippen LogP contribution is -2.39. The van der Waals surface area contributed by atoms with Gasteiger partial charge in [-0.15, -0.1) is 0 Å². The second-order valence-electron chi connectivity index (χ2n) is 5.59. The molecule has 0 spiro atoms. The van der Waals surface area contributed by atoms with E-state index in [0.717, 1.165) is 68.0 Å². The second kappa shape index (κ2) is 10.8. The van der Waals surface area contributed by atoms with Crippen LogP contribution in [-0.4, -0.2) is 55.1 Å². The molecular weight excluding hydrogens is 388 g/mol. The Bertz CT molecular complexity index is 544. The van der Waals surface area contributed by atoms with Gasteiger partial charge in [-0.3, -0.25) is 10.3 Å². The smallest absolute Gasteiger partial charge is 0.186 e. The summed E-state index contributed by atoms with van der Waals surface area (Å²) >= 11 is 8.74. The molecule has 0 unspecified atom stereocenters. The van der Waals surface area contributed by atoms with E-state index in [4.69, 9.17) is 17.0 Å². The van der Waals surface area contributed by atoms with Gasteiger partial charge in [0.1, 0.15) is 0 Å². The quantitative estimate of drug-likeness (QED) is 0.312. The zero-order valence-electron chi connectivity index (χ0n) is 14.1. The molecule has 0 saturated carbocycles. The zero-order chi connectivity index (χ0) is 17.2. The molecule has 1 aliphatic heterocycles. The van der Waals surface area contributed by atoms with E-state index >= 15 is 0 Å². The molecular formula is C17H25BrN4OS. The van der Waals surface area contributed by atoms with Crippen LogP contribution in [0.15, 0.2) is 33.8 Å². The van der Waals surface area contributed by atoms with Gasteiger partial charge < -0.3 is 10.1 Å². The normalized spacial score (nSPS) is 16.0. The molecule has 24 heavy (non-hydrogen) atoms. The van der Waals surface area contributed by atoms with Gasteiger partial charge in [-0.05, 0) is 49.3 Å². The molecule has 1 fully saturated rings. The minimum atomic E-state index is 0.569. The first-order chi connectivity index (χ1) is 11.7. The van der Waals surface area contributed by atoms with Crippen LogP contribution in [0.4, 0.5) is 0 Å². The highest BCUT2D eigenvalue weighted by atomic mass is 79.9. The van der Waals surface area contributed by atoms with E-state index in [-0.39, 0.29) is 0 Å². The Hall–Kier alpha value is -1.02. The first-order valence-electron chi connectivity index (χ1n) is 8.35. The highest BCUT2D eigenvalue weighted by Crippen LogP contribution is 2.12. The molecule has 1 aliphatic rings. The van der Waals surface area contributed by atoms with E-state index in [1.54, 1.807) is 0 Å². The monoisotopic (exact) mass is 412 g/mol. The van der Waals surface area contributed by atoms with Crippen LogP contribution in [0.2, 0.25) is 0 Å². The first-order valence-corrected chi connectivity index (χ1v) is 9.55. The van der Waals surface area contributed by atoms with Crippen molar-refractivity contribution in [1.29, 1.82) is 0 Å². The van der Waals surface area contributed by atoms with Gasteiger partial charge in [-0.2, -0.15) is 5.10 Å². The highest BCUT2D eigenvalue weighted by molar-refractivity contribution is 9.10. The third-order valence-corrected chi connectivity index (χ3v) is 4.61. The molecule has 0 amide bonds. The lowest BCUT2D eigenvalue weighted by atomic mass is 10.1. The molecule has 0 atom stereocenters. The fraction of sp³-hybridized carbons (Fsp3) is 0.529. The maximum Gasteiger partial charge on any atom is 0.186 e. The number of benzene rings is 1. The van der Waals surface area contributed by atoms with Gasteiger partial charge in [-0.25, -0.2) is 0 Å². The maximum absolute atomic E-state index is 5.35. The van der Waals surface area contributed by atoms with Gasteiger partial charge >= 0.3 is 0 Å². The molecule has 0 aliphatic carbocycles. The van der Waals surface area contributed by atoms with Crippen LogP contribution in [0.3, 0.4) is 0 Å². The predicted molar refractivity (Wildman–Crippen MR) is 107 cm³/mol. The fourth-order valence-electron chi connectivity index (χ4n) is 2.48. The Kier molecular flexibility index (Phi) is 8.66. The zero-order valence-corrected chi connectivity index (χ0v) is 16.5. The van der Waals surface area contributed by atoms with Crippen molar-refractivity contribution in [2.45, 2.75) is 19.8 Å². The fourth-order valence-corrected chi connectivity index (χ4v) is 2.89. The number of halogens is 1. The van der Waals surface area contributed by atoms with Crippen LogP contribution in [-0.2, 0) is 4.74 Å². The molecule has 0 bridgehead atoms. The molecule has 1 saturated heterocycles. The molecule has 1 heterocycles. The van der Waals surface area contributed by atoms with Crippen molar-refractivity contribution >= 4 is 39.0 Å². The predicted octanol–water partition coefficient (Wildman–Crippen LogP) is 2.75. The molecule has 2 rings (SSSR count). The van der Waals surface area contributed by atoms with Gasteiger partial charge in [0.2, 0.25) is 0 Å². The van der Waals surface area contributed by atoms with Crippen LogP contribution in [0, 0.1) is 0 Å². The van der Waals surface area contributed by atoms with Gasteiger partial charge in [0.15, 0.2) is 5.11 Å². The summed E-state index contributed by atoms with van der Waals surface area (Å²) < 4.78 is 6.41. The van der Waals surface area contributed by atoms with Crippen LogP contribution in [0.5, 0.6) is 0 Å². The molecule has 0 radical (unpaired) electrons. The largest absolute Gasteiger partial charge is 0.379 e. The van der Waals surface area contributed by atoms with Crippen LogP contribution in [0.1, 0.15) is 25.3 Å². The number of nitrogens with one attached hydrogen (secondary N) is 2. The number of rotatable bonds is 7. The van der Waals surface area contributed by atoms with Gasteiger partial charge in [0.05, 0.1) is 18.9 Å². The number of hydrogen-bond donors (Lipinski definition) is 2. The van der Waals surface area contributed by atoms with Gasteiger partial charge in [-0.1, -0.05) is 35.0 Å². The molecule has 0 aromatic heterocycles. The van der Waals surface area contributed by atoms with Crippen LogP contribution >= 0.6 is 28.1 Å². The summed E-state index contributed by atoms with van der Waals surface area (Å²) in [7, 11) is 0. The Morgan fingerprint density at radius 3 is 2.67 bits per heavy atom. The van der Waals surface area contributed by atoms with Crippen LogP contribution < -0.4 is 10.7 Å². The maximum atomic E-state index is 5.35. The lowest BCUT2D eigenvalue weighted by Gasteiger charge is -2.26. The third-order valence-electron chi connectivity index (χ3n) is 3.85. The molecule has 7 heteroatoms. The minimum Gasteiger partial charge on any atom is -0.379 e. The average molecular weight is 413 g/mol. The number of morpholine rings is 1. The van der Waals surface area contributed by atoms with Crippen molar-refractivity contribution in [2.24, 2.45) is 5.10 Å². The SMILES string of the molecule is CC/C(=N/NC(=S)NCCCN1CCOCC1)c1ccc(Br)cc1. The summed E-state index contributed by atoms with van der Waals surface area (Å²) in [6.07, 6.45) is 1.90. The van der Waals surface area contributed by atoms with E-state index in [9.17, 15) is 0 Å². The number of hydrazone groups is 1. The Morgan fingerprint density at radius 2 is 2.00 bits per heavy atom. The third kappa shape index (κ3) is 6.84. The molecule has 5 nitrogen and oxygen atoms in total. The molecule has 132 valence electrons. The molecule has 1 aromatic carbocycles. The summed E-state index contributed by atoms with van der Waals surface area (Å²) in [5.41, 5.74) is 5.03. The number of ether oxygens (including phenoxy) is 1. The van der Waals surface area contributed by atoms with Crippen LogP contribution in [0.25, 0.3) is 0 Å². The van der Waals surface area contributed by atoms with E-state index in [1.807, 2.05) is 24.3 Å². The summed E-state index contributed by atoms with van der Waals surface area (Å²) in [6.45, 7) is 7.75. The number of nitrogens with zero attached hydrogens (tertiary/aromatic N) is 2. The van der Waals surface area contributed by atoms with Gasteiger partial charge in [0, 0.05) is 24.1 Å². The highest BCUT2D eigenvalue weighted by Gasteiger charge is 2.09. The first kappa shape index (κ1) is 19.3. The Morgan fingerprint density at radius 1 is 1.29 bits per heavy atom. The summed E-state index contributed by atoms with van der Waals surface area (Å²) in [5.74, 6) is 0. The molecule has 1 aromatic rings. The summed E-state index contributed by atoms with van der Waals surface area (Å²) in [6, 6.07) is 8.13. The number of thiocarbonyl (C=S) groups is 1. The van der Waals surface area contributed by atoms with E-state index in [1.165, 1.54) is 0 Å². The van der Waals surface area contributed by atoms with Crippen molar-refractivity contribution in [3.63, 3.8) is 0 Å². The van der Waals surface area contributed by atoms with Gasteiger partial charge in [0.25, 0.3) is 0 Å². The Balaban J connectivity index is 1.69. The lowest BCUT2D eigenvalue weighted by molar-refractivity contribution is 0.0376. The average Bonchev–Trinajstić information content (AvgIpc) is 2.61.